The Bertz CT molecular complexity index is 692. The number of rotatable bonds is 8. The van der Waals surface area contributed by atoms with Crippen LogP contribution in [0, 0.1) is 11.7 Å². The summed E-state index contributed by atoms with van der Waals surface area (Å²) in [5, 5.41) is 2.87. The van der Waals surface area contributed by atoms with Gasteiger partial charge in [0.2, 0.25) is 11.8 Å². The monoisotopic (exact) mass is 405 g/mol. The van der Waals surface area contributed by atoms with Crippen LogP contribution in [0.3, 0.4) is 0 Å². The van der Waals surface area contributed by atoms with E-state index in [4.69, 9.17) is 4.74 Å². The van der Waals surface area contributed by atoms with Crippen LogP contribution in [0.15, 0.2) is 24.3 Å². The Morgan fingerprint density at radius 3 is 2.79 bits per heavy atom. The number of carbonyl (C=O) groups is 2. The van der Waals surface area contributed by atoms with Gasteiger partial charge in [0.25, 0.3) is 0 Å². The number of halogens is 1. The Morgan fingerprint density at radius 2 is 2.07 bits per heavy atom. The summed E-state index contributed by atoms with van der Waals surface area (Å²) in [5.41, 5.74) is 0.814. The number of hydrogen-bond acceptors (Lipinski definition) is 4. The zero-order valence-electron chi connectivity index (χ0n) is 17.2. The second-order valence-electron chi connectivity index (χ2n) is 8.07. The number of ether oxygens (including phenoxy) is 1. The number of carbonyl (C=O) groups excluding carboxylic acids is 2. The normalized spacial score (nSPS) is 21.2. The Labute approximate surface area is 172 Å². The second kappa shape index (κ2) is 10.7. The van der Waals surface area contributed by atoms with Gasteiger partial charge < -0.3 is 15.0 Å². The molecular formula is C22H32FN3O3. The highest BCUT2D eigenvalue weighted by Gasteiger charge is 2.33. The maximum atomic E-state index is 13.5. The molecule has 160 valence electrons. The zero-order chi connectivity index (χ0) is 20.6. The molecule has 3 rings (SSSR count). The number of methoxy groups -OCH3 is 1. The van der Waals surface area contributed by atoms with Gasteiger partial charge in [-0.2, -0.15) is 0 Å². The predicted molar refractivity (Wildman–Crippen MR) is 109 cm³/mol. The first-order valence-corrected chi connectivity index (χ1v) is 10.6. The molecule has 2 amide bonds. The maximum Gasteiger partial charge on any atom is 0.237 e. The van der Waals surface area contributed by atoms with Crippen molar-refractivity contribution < 1.29 is 18.7 Å². The first kappa shape index (κ1) is 21.7. The molecule has 2 aliphatic heterocycles. The Hall–Kier alpha value is -1.99. The van der Waals surface area contributed by atoms with Gasteiger partial charge in [-0.1, -0.05) is 12.1 Å². The van der Waals surface area contributed by atoms with Gasteiger partial charge in [0.15, 0.2) is 0 Å². The number of benzene rings is 1. The summed E-state index contributed by atoms with van der Waals surface area (Å²) < 4.78 is 18.6. The molecule has 2 saturated heterocycles. The van der Waals surface area contributed by atoms with Gasteiger partial charge in [-0.05, 0) is 49.3 Å². The van der Waals surface area contributed by atoms with Crippen LogP contribution in [0.4, 0.5) is 4.39 Å². The summed E-state index contributed by atoms with van der Waals surface area (Å²) >= 11 is 0. The minimum Gasteiger partial charge on any atom is -0.385 e. The van der Waals surface area contributed by atoms with E-state index >= 15 is 0 Å². The third-order valence-corrected chi connectivity index (χ3v) is 6.01. The molecule has 2 aliphatic rings. The maximum absolute atomic E-state index is 13.5. The molecule has 29 heavy (non-hydrogen) atoms. The van der Waals surface area contributed by atoms with Crippen LogP contribution >= 0.6 is 0 Å². The van der Waals surface area contributed by atoms with Gasteiger partial charge in [-0.15, -0.1) is 0 Å². The van der Waals surface area contributed by atoms with E-state index in [0.29, 0.717) is 25.6 Å². The van der Waals surface area contributed by atoms with E-state index in [1.807, 2.05) is 15.9 Å². The second-order valence-corrected chi connectivity index (χ2v) is 8.07. The Morgan fingerprint density at radius 1 is 1.28 bits per heavy atom. The number of amides is 2. The Balaban J connectivity index is 1.53. The van der Waals surface area contributed by atoms with Crippen LogP contribution in [0.2, 0.25) is 0 Å². The number of nitrogens with zero attached hydrogens (tertiary/aromatic N) is 2. The average molecular weight is 406 g/mol. The van der Waals surface area contributed by atoms with E-state index in [1.54, 1.807) is 13.2 Å². The number of piperidine rings is 1. The van der Waals surface area contributed by atoms with Gasteiger partial charge in [-0.25, -0.2) is 4.39 Å². The third-order valence-electron chi connectivity index (χ3n) is 6.01. The molecule has 0 saturated carbocycles. The molecule has 1 aromatic carbocycles. The molecule has 2 heterocycles. The SMILES string of the molecule is COCCCC1CCN(C(=O)CC2C(=O)NCCN2Cc2cccc(F)c2)CC1. The molecule has 2 fully saturated rings. The summed E-state index contributed by atoms with van der Waals surface area (Å²) in [6, 6.07) is 5.92. The molecule has 0 spiro atoms. The van der Waals surface area contributed by atoms with Crippen molar-refractivity contribution in [3.05, 3.63) is 35.6 Å². The molecule has 1 N–H and O–H groups in total. The predicted octanol–water partition coefficient (Wildman–Crippen LogP) is 2.18. The van der Waals surface area contributed by atoms with Crippen LogP contribution in [0.5, 0.6) is 0 Å². The fourth-order valence-corrected chi connectivity index (χ4v) is 4.32. The smallest absolute Gasteiger partial charge is 0.237 e. The molecule has 0 aromatic heterocycles. The largest absolute Gasteiger partial charge is 0.385 e. The minimum atomic E-state index is -0.501. The van der Waals surface area contributed by atoms with Crippen molar-refractivity contribution in [3.63, 3.8) is 0 Å². The highest BCUT2D eigenvalue weighted by atomic mass is 19.1. The lowest BCUT2D eigenvalue weighted by molar-refractivity contribution is -0.140. The number of hydrogen-bond donors (Lipinski definition) is 1. The first-order chi connectivity index (χ1) is 14.1. The van der Waals surface area contributed by atoms with Crippen molar-refractivity contribution in [2.24, 2.45) is 5.92 Å². The summed E-state index contributed by atoms with van der Waals surface area (Å²) in [6.45, 7) is 3.97. The van der Waals surface area contributed by atoms with Gasteiger partial charge in [-0.3, -0.25) is 14.5 Å². The van der Waals surface area contributed by atoms with Gasteiger partial charge in [0, 0.05) is 46.4 Å². The van der Waals surface area contributed by atoms with Crippen molar-refractivity contribution in [3.8, 4) is 0 Å². The number of likely N-dealkylation sites (tertiary alicyclic amines) is 1. The molecular weight excluding hydrogens is 373 g/mol. The lowest BCUT2D eigenvalue weighted by Crippen LogP contribution is -2.56. The molecule has 1 atom stereocenters. The van der Waals surface area contributed by atoms with E-state index in [-0.39, 0.29) is 24.1 Å². The van der Waals surface area contributed by atoms with Crippen LogP contribution < -0.4 is 5.32 Å². The molecule has 0 aliphatic carbocycles. The summed E-state index contributed by atoms with van der Waals surface area (Å²) in [4.78, 5) is 29.2. The van der Waals surface area contributed by atoms with Gasteiger partial charge in [0.1, 0.15) is 5.82 Å². The van der Waals surface area contributed by atoms with E-state index in [1.165, 1.54) is 12.1 Å². The van der Waals surface area contributed by atoms with Crippen molar-refractivity contribution in [2.75, 3.05) is 39.9 Å². The average Bonchev–Trinajstić information content (AvgIpc) is 2.71. The highest BCUT2D eigenvalue weighted by molar-refractivity contribution is 5.88. The summed E-state index contributed by atoms with van der Waals surface area (Å²) in [6.07, 6.45) is 4.41. The van der Waals surface area contributed by atoms with Crippen LogP contribution in [-0.4, -0.2) is 67.6 Å². The van der Waals surface area contributed by atoms with E-state index < -0.39 is 6.04 Å². The Kier molecular flexibility index (Phi) is 8.00. The topological polar surface area (TPSA) is 61.9 Å². The molecule has 1 aromatic rings. The lowest BCUT2D eigenvalue weighted by atomic mass is 9.92. The zero-order valence-corrected chi connectivity index (χ0v) is 17.2. The van der Waals surface area contributed by atoms with Crippen molar-refractivity contribution in [1.82, 2.24) is 15.1 Å². The van der Waals surface area contributed by atoms with Crippen LogP contribution in [0.1, 0.15) is 37.7 Å². The summed E-state index contributed by atoms with van der Waals surface area (Å²) in [7, 11) is 1.72. The number of nitrogens with one attached hydrogen (secondary N) is 1. The molecule has 6 nitrogen and oxygen atoms in total. The molecule has 7 heteroatoms. The fourth-order valence-electron chi connectivity index (χ4n) is 4.32. The summed E-state index contributed by atoms with van der Waals surface area (Å²) in [5.74, 6) is 0.281. The molecule has 0 bridgehead atoms. The van der Waals surface area contributed by atoms with Crippen molar-refractivity contribution in [1.29, 1.82) is 0 Å². The minimum absolute atomic E-state index is 0.0339. The fraction of sp³-hybridized carbons (Fsp3) is 0.636. The highest BCUT2D eigenvalue weighted by Crippen LogP contribution is 2.23. The number of piperazine rings is 1. The van der Waals surface area contributed by atoms with E-state index in [0.717, 1.165) is 50.9 Å². The van der Waals surface area contributed by atoms with Crippen molar-refractivity contribution in [2.45, 2.75) is 44.7 Å². The van der Waals surface area contributed by atoms with Gasteiger partial charge >= 0.3 is 0 Å². The third kappa shape index (κ3) is 6.24. The molecule has 0 radical (unpaired) electrons. The quantitative estimate of drug-likeness (QED) is 0.674. The van der Waals surface area contributed by atoms with E-state index in [2.05, 4.69) is 5.32 Å². The van der Waals surface area contributed by atoms with Crippen molar-refractivity contribution >= 4 is 11.8 Å². The lowest BCUT2D eigenvalue weighted by Gasteiger charge is -2.37. The van der Waals surface area contributed by atoms with Crippen LogP contribution in [-0.2, 0) is 20.9 Å². The first-order valence-electron chi connectivity index (χ1n) is 10.6. The molecule has 1 unspecified atom stereocenters. The standard InChI is InChI=1S/C22H32FN3O3/c1-29-13-3-5-17-7-10-25(11-8-17)21(27)15-20-22(28)24-9-12-26(20)16-18-4-2-6-19(23)14-18/h2,4,6,14,17,20H,3,5,7-13,15-16H2,1H3,(H,24,28). The van der Waals surface area contributed by atoms with E-state index in [9.17, 15) is 14.0 Å². The van der Waals surface area contributed by atoms with Crippen LogP contribution in [0.25, 0.3) is 0 Å². The van der Waals surface area contributed by atoms with Gasteiger partial charge in [0.05, 0.1) is 12.5 Å².